The van der Waals surface area contributed by atoms with Crippen molar-refractivity contribution < 1.29 is 0 Å². The van der Waals surface area contributed by atoms with Crippen LogP contribution in [-0.2, 0) is 6.42 Å². The van der Waals surface area contributed by atoms with Crippen LogP contribution in [0, 0.1) is 5.92 Å². The van der Waals surface area contributed by atoms with E-state index in [1.807, 2.05) is 6.07 Å². The Morgan fingerprint density at radius 2 is 2.21 bits per heavy atom. The number of anilines is 1. The van der Waals surface area contributed by atoms with Crippen molar-refractivity contribution in [2.45, 2.75) is 57.9 Å². The molecular weight excluding hydrogens is 234 g/mol. The minimum absolute atomic E-state index is 0.699. The average molecular weight is 261 g/mol. The number of nitrogen functional groups attached to an aromatic ring is 1. The molecule has 19 heavy (non-hydrogen) atoms. The van der Waals surface area contributed by atoms with Crippen LogP contribution >= 0.6 is 0 Å². The molecule has 2 rings (SSSR count). The van der Waals surface area contributed by atoms with Crippen LogP contribution in [0.1, 0.15) is 51.0 Å². The van der Waals surface area contributed by atoms with Gasteiger partial charge in [-0.05, 0) is 49.8 Å². The van der Waals surface area contributed by atoms with Crippen LogP contribution in [-0.4, -0.2) is 17.6 Å². The molecule has 0 amide bonds. The Hall–Kier alpha value is -1.09. The molecule has 0 spiro atoms. The van der Waals surface area contributed by atoms with E-state index >= 15 is 0 Å². The molecule has 1 aliphatic rings. The summed E-state index contributed by atoms with van der Waals surface area (Å²) in [6, 6.07) is 4.82. The van der Waals surface area contributed by atoms with E-state index in [0.717, 1.165) is 18.9 Å². The van der Waals surface area contributed by atoms with Crippen LogP contribution in [0.3, 0.4) is 0 Å². The largest absolute Gasteiger partial charge is 0.383 e. The molecule has 2 unspecified atom stereocenters. The smallest absolute Gasteiger partial charge is 0.126 e. The molecule has 1 fully saturated rings. The monoisotopic (exact) mass is 261 g/mol. The Bertz CT molecular complexity index is 378. The van der Waals surface area contributed by atoms with Crippen LogP contribution in [0.2, 0.25) is 0 Å². The Labute approximate surface area is 117 Å². The Morgan fingerprint density at radius 3 is 3.00 bits per heavy atom. The number of hydrogen-bond acceptors (Lipinski definition) is 3. The highest BCUT2D eigenvalue weighted by atomic mass is 14.9. The molecule has 106 valence electrons. The molecule has 3 N–H and O–H groups in total. The van der Waals surface area contributed by atoms with Gasteiger partial charge in [0.15, 0.2) is 0 Å². The van der Waals surface area contributed by atoms with E-state index in [4.69, 9.17) is 5.73 Å². The molecule has 1 aliphatic carbocycles. The van der Waals surface area contributed by atoms with Crippen LogP contribution in [0.4, 0.5) is 5.82 Å². The number of rotatable bonds is 5. The zero-order valence-electron chi connectivity index (χ0n) is 12.1. The highest BCUT2D eigenvalue weighted by Crippen LogP contribution is 2.27. The van der Waals surface area contributed by atoms with Gasteiger partial charge in [0.2, 0.25) is 0 Å². The van der Waals surface area contributed by atoms with E-state index in [-0.39, 0.29) is 0 Å². The van der Waals surface area contributed by atoms with Gasteiger partial charge in [-0.2, -0.15) is 0 Å². The fourth-order valence-corrected chi connectivity index (χ4v) is 3.12. The lowest BCUT2D eigenvalue weighted by Gasteiger charge is -2.21. The van der Waals surface area contributed by atoms with E-state index in [1.165, 1.54) is 44.1 Å². The summed E-state index contributed by atoms with van der Waals surface area (Å²) in [4.78, 5) is 4.20. The highest BCUT2D eigenvalue weighted by molar-refractivity contribution is 5.38. The third kappa shape index (κ3) is 4.50. The number of nitrogens with zero attached hydrogens (tertiary/aromatic N) is 1. The van der Waals surface area contributed by atoms with Gasteiger partial charge in [0, 0.05) is 12.2 Å². The molecular formula is C16H27N3. The van der Waals surface area contributed by atoms with Crippen LogP contribution in [0.25, 0.3) is 0 Å². The summed E-state index contributed by atoms with van der Waals surface area (Å²) in [6.45, 7) is 3.38. The van der Waals surface area contributed by atoms with E-state index in [1.54, 1.807) is 6.20 Å². The van der Waals surface area contributed by atoms with Gasteiger partial charge < -0.3 is 11.1 Å². The summed E-state index contributed by atoms with van der Waals surface area (Å²) < 4.78 is 0. The summed E-state index contributed by atoms with van der Waals surface area (Å²) in [7, 11) is 0. The maximum absolute atomic E-state index is 5.96. The molecule has 1 aromatic rings. The number of nitrogens with one attached hydrogen (secondary N) is 1. The molecule has 1 aromatic heterocycles. The van der Waals surface area contributed by atoms with Crippen molar-refractivity contribution in [2.75, 3.05) is 12.3 Å². The molecule has 0 aliphatic heterocycles. The van der Waals surface area contributed by atoms with Gasteiger partial charge in [0.05, 0.1) is 0 Å². The van der Waals surface area contributed by atoms with Gasteiger partial charge in [-0.15, -0.1) is 0 Å². The van der Waals surface area contributed by atoms with Gasteiger partial charge in [0.1, 0.15) is 5.82 Å². The predicted octanol–water partition coefficient (Wildman–Crippen LogP) is 3.15. The van der Waals surface area contributed by atoms with E-state index in [9.17, 15) is 0 Å². The lowest BCUT2D eigenvalue weighted by Crippen LogP contribution is -2.31. The van der Waals surface area contributed by atoms with Crippen LogP contribution in [0.15, 0.2) is 18.3 Å². The lowest BCUT2D eigenvalue weighted by atomic mass is 9.91. The van der Waals surface area contributed by atoms with Crippen LogP contribution in [0.5, 0.6) is 0 Å². The minimum atomic E-state index is 0.699. The first kappa shape index (κ1) is 14.3. The summed E-state index contributed by atoms with van der Waals surface area (Å²) in [5.74, 6) is 1.47. The zero-order valence-corrected chi connectivity index (χ0v) is 12.1. The van der Waals surface area contributed by atoms with Crippen molar-refractivity contribution in [1.82, 2.24) is 10.3 Å². The SMILES string of the molecule is CCCNC1CCCCC(Cc2cccnc2N)C1. The first-order valence-electron chi connectivity index (χ1n) is 7.72. The first-order valence-corrected chi connectivity index (χ1v) is 7.72. The van der Waals surface area contributed by atoms with E-state index in [0.29, 0.717) is 11.9 Å². The molecule has 0 saturated heterocycles. The van der Waals surface area contributed by atoms with E-state index in [2.05, 4.69) is 23.3 Å². The fraction of sp³-hybridized carbons (Fsp3) is 0.688. The fourth-order valence-electron chi connectivity index (χ4n) is 3.12. The molecule has 1 heterocycles. The van der Waals surface area contributed by atoms with Crippen molar-refractivity contribution >= 4 is 5.82 Å². The van der Waals surface area contributed by atoms with Crippen molar-refractivity contribution in [2.24, 2.45) is 5.92 Å². The normalized spacial score (nSPS) is 24.1. The second kappa shape index (κ2) is 7.49. The number of aromatic nitrogens is 1. The summed E-state index contributed by atoms with van der Waals surface area (Å²) in [6.07, 6.45) is 10.7. The van der Waals surface area contributed by atoms with Crippen molar-refractivity contribution in [1.29, 1.82) is 0 Å². The maximum Gasteiger partial charge on any atom is 0.126 e. The summed E-state index contributed by atoms with van der Waals surface area (Å²) >= 11 is 0. The predicted molar refractivity (Wildman–Crippen MR) is 81.0 cm³/mol. The third-order valence-electron chi connectivity index (χ3n) is 4.15. The number of nitrogens with two attached hydrogens (primary N) is 1. The van der Waals surface area contributed by atoms with Crippen molar-refractivity contribution in [3.8, 4) is 0 Å². The second-order valence-electron chi connectivity index (χ2n) is 5.79. The molecule has 3 nitrogen and oxygen atoms in total. The second-order valence-corrected chi connectivity index (χ2v) is 5.79. The molecule has 1 saturated carbocycles. The van der Waals surface area contributed by atoms with E-state index < -0.39 is 0 Å². The molecule has 0 aromatic carbocycles. The standard InChI is InChI=1S/C16H27N3/c1-2-9-18-15-8-4-3-6-13(12-15)11-14-7-5-10-19-16(14)17/h5,7,10,13,15,18H,2-4,6,8-9,11-12H2,1H3,(H2,17,19). The number of hydrogen-bond donors (Lipinski definition) is 2. The third-order valence-corrected chi connectivity index (χ3v) is 4.15. The van der Waals surface area contributed by atoms with Gasteiger partial charge in [-0.3, -0.25) is 0 Å². The summed E-state index contributed by atoms with van der Waals surface area (Å²) in [5.41, 5.74) is 7.19. The van der Waals surface area contributed by atoms with Crippen molar-refractivity contribution in [3.05, 3.63) is 23.9 Å². The molecule has 3 heteroatoms. The van der Waals surface area contributed by atoms with Gasteiger partial charge in [-0.25, -0.2) is 4.98 Å². The molecule has 0 radical (unpaired) electrons. The summed E-state index contributed by atoms with van der Waals surface area (Å²) in [5, 5.41) is 3.69. The highest BCUT2D eigenvalue weighted by Gasteiger charge is 2.20. The Kier molecular flexibility index (Phi) is 5.64. The van der Waals surface area contributed by atoms with Gasteiger partial charge in [0.25, 0.3) is 0 Å². The van der Waals surface area contributed by atoms with Crippen molar-refractivity contribution in [3.63, 3.8) is 0 Å². The zero-order chi connectivity index (χ0) is 13.5. The Balaban J connectivity index is 1.93. The number of pyridine rings is 1. The first-order chi connectivity index (χ1) is 9.29. The average Bonchev–Trinajstić information content (AvgIpc) is 2.64. The van der Waals surface area contributed by atoms with Gasteiger partial charge in [-0.1, -0.05) is 32.3 Å². The quantitative estimate of drug-likeness (QED) is 0.801. The molecule has 0 bridgehead atoms. The van der Waals surface area contributed by atoms with Gasteiger partial charge >= 0.3 is 0 Å². The minimum Gasteiger partial charge on any atom is -0.383 e. The Morgan fingerprint density at radius 1 is 1.37 bits per heavy atom. The topological polar surface area (TPSA) is 50.9 Å². The molecule has 2 atom stereocenters. The van der Waals surface area contributed by atoms with Crippen LogP contribution < -0.4 is 11.1 Å². The lowest BCUT2D eigenvalue weighted by molar-refractivity contribution is 0.384. The maximum atomic E-state index is 5.96.